The van der Waals surface area contributed by atoms with Gasteiger partial charge in [0.25, 0.3) is 11.8 Å². The molecule has 0 bridgehead atoms. The highest BCUT2D eigenvalue weighted by molar-refractivity contribution is 6.11. The van der Waals surface area contributed by atoms with E-state index in [0.29, 0.717) is 22.6 Å². The molecule has 0 atom stereocenters. The molecule has 0 aliphatic heterocycles. The van der Waals surface area contributed by atoms with Crippen molar-refractivity contribution in [1.29, 1.82) is 0 Å². The highest BCUT2D eigenvalue weighted by Gasteiger charge is 2.16. The number of hydrogen-bond acceptors (Lipinski definition) is 3. The van der Waals surface area contributed by atoms with E-state index < -0.39 is 5.91 Å². The zero-order valence-electron chi connectivity index (χ0n) is 16.3. The number of hydrogen-bond donors (Lipinski definition) is 2. The van der Waals surface area contributed by atoms with Gasteiger partial charge in [0.15, 0.2) is 0 Å². The number of para-hydroxylation sites is 2. The summed E-state index contributed by atoms with van der Waals surface area (Å²) in [5.74, 6) is -0.191. The van der Waals surface area contributed by atoms with Crippen LogP contribution >= 0.6 is 0 Å². The van der Waals surface area contributed by atoms with Gasteiger partial charge >= 0.3 is 0 Å². The Morgan fingerprint density at radius 2 is 1.52 bits per heavy atom. The fourth-order valence-electron chi connectivity index (χ4n) is 2.79. The molecule has 0 saturated carbocycles. The van der Waals surface area contributed by atoms with E-state index in [1.165, 1.54) is 0 Å². The molecule has 3 aromatic carbocycles. The van der Waals surface area contributed by atoms with Crippen LogP contribution in [0.15, 0.2) is 84.6 Å². The summed E-state index contributed by atoms with van der Waals surface area (Å²) >= 11 is 0. The minimum Gasteiger partial charge on any atom is -0.496 e. The van der Waals surface area contributed by atoms with Crippen LogP contribution in [0.4, 0.5) is 5.69 Å². The number of carbonyl (C=O) groups is 2. The van der Waals surface area contributed by atoms with Crippen molar-refractivity contribution >= 4 is 23.6 Å². The van der Waals surface area contributed by atoms with E-state index in [0.717, 1.165) is 5.56 Å². The molecular weight excluding hydrogens is 364 g/mol. The number of aryl methyl sites for hydroxylation is 1. The Hall–Kier alpha value is -3.86. The Bertz CT molecular complexity index is 1040. The fourth-order valence-corrected chi connectivity index (χ4v) is 2.79. The first-order valence-electron chi connectivity index (χ1n) is 9.16. The van der Waals surface area contributed by atoms with Crippen molar-refractivity contribution in [2.75, 3.05) is 12.4 Å². The lowest BCUT2D eigenvalue weighted by molar-refractivity contribution is -0.113. The molecule has 0 aliphatic rings. The molecular formula is C24H22N2O3. The van der Waals surface area contributed by atoms with Gasteiger partial charge in [-0.05, 0) is 42.8 Å². The Morgan fingerprint density at radius 1 is 0.862 bits per heavy atom. The van der Waals surface area contributed by atoms with Gasteiger partial charge in [0, 0.05) is 16.8 Å². The summed E-state index contributed by atoms with van der Waals surface area (Å²) < 4.78 is 5.36. The maximum absolute atomic E-state index is 13.0. The minimum atomic E-state index is -0.422. The van der Waals surface area contributed by atoms with E-state index in [1.807, 2.05) is 55.5 Å². The first kappa shape index (κ1) is 19.9. The number of nitrogens with one attached hydrogen (secondary N) is 2. The average molecular weight is 386 g/mol. The second-order valence-corrected chi connectivity index (χ2v) is 6.39. The summed E-state index contributed by atoms with van der Waals surface area (Å²) in [5, 5.41) is 5.59. The van der Waals surface area contributed by atoms with Crippen molar-refractivity contribution in [2.45, 2.75) is 6.92 Å². The smallest absolute Gasteiger partial charge is 0.272 e. The molecule has 0 radical (unpaired) electrons. The second kappa shape index (κ2) is 9.37. The normalized spacial score (nSPS) is 10.9. The molecule has 0 aromatic heterocycles. The predicted molar refractivity (Wildman–Crippen MR) is 115 cm³/mol. The molecule has 5 heteroatoms. The van der Waals surface area contributed by atoms with Gasteiger partial charge in [-0.25, -0.2) is 0 Å². The molecule has 0 spiro atoms. The molecule has 5 nitrogen and oxygen atoms in total. The van der Waals surface area contributed by atoms with Gasteiger partial charge in [-0.15, -0.1) is 0 Å². The monoisotopic (exact) mass is 386 g/mol. The van der Waals surface area contributed by atoms with Gasteiger partial charge in [0.1, 0.15) is 11.4 Å². The molecule has 0 unspecified atom stereocenters. The lowest BCUT2D eigenvalue weighted by Crippen LogP contribution is -2.30. The first-order chi connectivity index (χ1) is 14.1. The number of carbonyl (C=O) groups excluding carboxylic acids is 2. The molecule has 29 heavy (non-hydrogen) atoms. The number of anilines is 1. The SMILES string of the molecule is COc1ccccc1C=C(NC(=O)c1ccccc1)C(=O)Nc1ccccc1C. The number of amides is 2. The number of benzene rings is 3. The number of methoxy groups -OCH3 is 1. The summed E-state index contributed by atoms with van der Waals surface area (Å²) in [4.78, 5) is 25.7. The third kappa shape index (κ3) is 5.11. The Morgan fingerprint density at radius 3 is 2.24 bits per heavy atom. The maximum Gasteiger partial charge on any atom is 0.272 e. The van der Waals surface area contributed by atoms with Crippen LogP contribution in [0, 0.1) is 6.92 Å². The lowest BCUT2D eigenvalue weighted by Gasteiger charge is -2.13. The molecule has 2 N–H and O–H groups in total. The van der Waals surface area contributed by atoms with Crippen LogP contribution in [0.25, 0.3) is 6.08 Å². The first-order valence-corrected chi connectivity index (χ1v) is 9.16. The quantitative estimate of drug-likeness (QED) is 0.617. The van der Waals surface area contributed by atoms with Gasteiger partial charge in [0.2, 0.25) is 0 Å². The van der Waals surface area contributed by atoms with Gasteiger partial charge < -0.3 is 15.4 Å². The van der Waals surface area contributed by atoms with Crippen LogP contribution in [0.5, 0.6) is 5.75 Å². The maximum atomic E-state index is 13.0. The summed E-state index contributed by atoms with van der Waals surface area (Å²) in [6.07, 6.45) is 1.60. The van der Waals surface area contributed by atoms with Crippen molar-refractivity contribution in [3.63, 3.8) is 0 Å². The largest absolute Gasteiger partial charge is 0.496 e. The summed E-state index contributed by atoms with van der Waals surface area (Å²) in [7, 11) is 1.56. The van der Waals surface area contributed by atoms with Crippen LogP contribution in [-0.4, -0.2) is 18.9 Å². The predicted octanol–water partition coefficient (Wildman–Crippen LogP) is 4.41. The second-order valence-electron chi connectivity index (χ2n) is 6.39. The lowest BCUT2D eigenvalue weighted by atomic mass is 10.1. The number of ether oxygens (including phenoxy) is 1. The molecule has 0 fully saturated rings. The molecule has 3 rings (SSSR count). The Labute approximate surface area is 170 Å². The van der Waals surface area contributed by atoms with E-state index in [1.54, 1.807) is 43.5 Å². The summed E-state index contributed by atoms with van der Waals surface area (Å²) in [6, 6.07) is 23.5. The average Bonchev–Trinajstić information content (AvgIpc) is 2.75. The van der Waals surface area contributed by atoms with E-state index in [-0.39, 0.29) is 11.6 Å². The van der Waals surface area contributed by atoms with Crippen molar-refractivity contribution in [3.05, 3.63) is 101 Å². The molecule has 0 aliphatic carbocycles. The highest BCUT2D eigenvalue weighted by Crippen LogP contribution is 2.21. The number of rotatable bonds is 6. The van der Waals surface area contributed by atoms with Crippen molar-refractivity contribution in [2.24, 2.45) is 0 Å². The third-order valence-electron chi connectivity index (χ3n) is 4.36. The standard InChI is InChI=1S/C24H22N2O3/c1-17-10-6-8-14-20(17)25-24(28)21(16-19-13-7-9-15-22(19)29-2)26-23(27)18-11-4-3-5-12-18/h3-16H,1-2H3,(H,25,28)(H,26,27). The van der Waals surface area contributed by atoms with Crippen LogP contribution < -0.4 is 15.4 Å². The van der Waals surface area contributed by atoms with Gasteiger partial charge in [-0.2, -0.15) is 0 Å². The fraction of sp³-hybridized carbons (Fsp3) is 0.0833. The molecule has 0 saturated heterocycles. The van der Waals surface area contributed by atoms with Gasteiger partial charge in [0.05, 0.1) is 7.11 Å². The van der Waals surface area contributed by atoms with Gasteiger partial charge in [-0.1, -0.05) is 54.6 Å². The van der Waals surface area contributed by atoms with Crippen LogP contribution in [0.3, 0.4) is 0 Å². The van der Waals surface area contributed by atoms with E-state index >= 15 is 0 Å². The highest BCUT2D eigenvalue weighted by atomic mass is 16.5. The van der Waals surface area contributed by atoms with Crippen molar-refractivity contribution in [3.8, 4) is 5.75 Å². The molecule has 3 aromatic rings. The minimum absolute atomic E-state index is 0.117. The van der Waals surface area contributed by atoms with Crippen LogP contribution in [0.2, 0.25) is 0 Å². The van der Waals surface area contributed by atoms with Crippen molar-refractivity contribution < 1.29 is 14.3 Å². The molecule has 2 amide bonds. The summed E-state index contributed by atoms with van der Waals surface area (Å²) in [5.41, 5.74) is 2.86. The zero-order valence-corrected chi connectivity index (χ0v) is 16.3. The van der Waals surface area contributed by atoms with Crippen molar-refractivity contribution in [1.82, 2.24) is 5.32 Å². The Balaban J connectivity index is 1.94. The zero-order chi connectivity index (χ0) is 20.6. The Kier molecular flexibility index (Phi) is 6.43. The molecule has 0 heterocycles. The third-order valence-corrected chi connectivity index (χ3v) is 4.36. The van der Waals surface area contributed by atoms with E-state index in [2.05, 4.69) is 10.6 Å². The van der Waals surface area contributed by atoms with Crippen LogP contribution in [-0.2, 0) is 4.79 Å². The van der Waals surface area contributed by atoms with Crippen LogP contribution in [0.1, 0.15) is 21.5 Å². The van der Waals surface area contributed by atoms with Gasteiger partial charge in [-0.3, -0.25) is 9.59 Å². The molecule has 146 valence electrons. The van der Waals surface area contributed by atoms with E-state index in [4.69, 9.17) is 4.74 Å². The van der Waals surface area contributed by atoms with E-state index in [9.17, 15) is 9.59 Å². The summed E-state index contributed by atoms with van der Waals surface area (Å²) in [6.45, 7) is 1.90. The topological polar surface area (TPSA) is 67.4 Å².